The van der Waals surface area contributed by atoms with Crippen molar-refractivity contribution in [2.45, 2.75) is 6.61 Å². The number of aromatic nitrogens is 2. The smallest absolute Gasteiger partial charge is 0.426 e. The normalized spacial score (nSPS) is 10.6. The molecule has 0 bridgehead atoms. The first kappa shape index (κ1) is 14.6. The van der Waals surface area contributed by atoms with Gasteiger partial charge in [-0.15, -0.1) is 0 Å². The zero-order chi connectivity index (χ0) is 15.5. The molecule has 0 spiro atoms. The van der Waals surface area contributed by atoms with Gasteiger partial charge in [0.05, 0.1) is 11.0 Å². The Morgan fingerprint density at radius 1 is 1.27 bits per heavy atom. The number of H-pyrrole nitrogens is 1. The molecular weight excluding hydrogens is 322 g/mol. The molecule has 0 unspecified atom stereocenters. The maximum Gasteiger partial charge on any atom is 0.426 e. The highest BCUT2D eigenvalue weighted by Gasteiger charge is 2.09. The van der Waals surface area contributed by atoms with Gasteiger partial charge in [0, 0.05) is 5.02 Å². The van der Waals surface area contributed by atoms with Crippen LogP contribution in [0.1, 0.15) is 5.56 Å². The van der Waals surface area contributed by atoms with Crippen LogP contribution in [0.3, 0.4) is 0 Å². The highest BCUT2D eigenvalue weighted by Crippen LogP contribution is 2.18. The van der Waals surface area contributed by atoms with Crippen LogP contribution in [0.15, 0.2) is 48.5 Å². The molecular formula is C15H12ClN3O2S. The van der Waals surface area contributed by atoms with Gasteiger partial charge in [-0.25, -0.2) is 14.9 Å². The second-order valence-corrected chi connectivity index (χ2v) is 5.42. The molecule has 1 amide bonds. The lowest BCUT2D eigenvalue weighted by atomic mass is 10.2. The van der Waals surface area contributed by atoms with Crippen molar-refractivity contribution >= 4 is 40.9 Å². The van der Waals surface area contributed by atoms with Gasteiger partial charge in [0.1, 0.15) is 6.61 Å². The van der Waals surface area contributed by atoms with Crippen LogP contribution in [-0.2, 0) is 11.3 Å². The molecule has 0 radical (unpaired) electrons. The fourth-order valence-corrected chi connectivity index (χ4v) is 2.47. The number of amides is 1. The number of nitrogens with zero attached hydrogens (tertiary/aromatic N) is 1. The summed E-state index contributed by atoms with van der Waals surface area (Å²) in [6.07, 6.45) is -0.587. The average Bonchev–Trinajstić information content (AvgIpc) is 2.81. The number of nitrogens with one attached hydrogen (secondary N) is 2. The average molecular weight is 334 g/mol. The van der Waals surface area contributed by atoms with Crippen molar-refractivity contribution in [3.8, 4) is 0 Å². The molecule has 0 saturated carbocycles. The summed E-state index contributed by atoms with van der Waals surface area (Å²) >= 11 is 11.1. The predicted molar refractivity (Wildman–Crippen MR) is 88.1 cm³/mol. The minimum absolute atomic E-state index is 0.189. The van der Waals surface area contributed by atoms with E-state index >= 15 is 0 Å². The van der Waals surface area contributed by atoms with E-state index in [2.05, 4.69) is 10.4 Å². The van der Waals surface area contributed by atoms with Crippen molar-refractivity contribution in [3.63, 3.8) is 0 Å². The van der Waals surface area contributed by atoms with Crippen LogP contribution < -0.4 is 5.43 Å². The van der Waals surface area contributed by atoms with Crippen LogP contribution in [0, 0.1) is 4.77 Å². The van der Waals surface area contributed by atoms with E-state index in [-0.39, 0.29) is 6.61 Å². The molecule has 0 aliphatic carbocycles. The van der Waals surface area contributed by atoms with Gasteiger partial charge in [-0.05, 0) is 36.0 Å². The second kappa shape index (κ2) is 6.21. The van der Waals surface area contributed by atoms with Gasteiger partial charge < -0.3 is 9.72 Å². The maximum absolute atomic E-state index is 11.9. The van der Waals surface area contributed by atoms with Gasteiger partial charge in [-0.1, -0.05) is 41.9 Å². The lowest BCUT2D eigenvalue weighted by Gasteiger charge is -2.08. The van der Waals surface area contributed by atoms with E-state index in [0.717, 1.165) is 11.1 Å². The van der Waals surface area contributed by atoms with Gasteiger partial charge >= 0.3 is 6.09 Å². The van der Waals surface area contributed by atoms with E-state index in [1.807, 2.05) is 30.3 Å². The summed E-state index contributed by atoms with van der Waals surface area (Å²) in [5.41, 5.74) is 4.96. The highest BCUT2D eigenvalue weighted by molar-refractivity contribution is 7.71. The van der Waals surface area contributed by atoms with E-state index in [1.54, 1.807) is 18.2 Å². The predicted octanol–water partition coefficient (Wildman–Crippen LogP) is 4.23. The molecule has 5 nitrogen and oxygen atoms in total. The number of hydrogen-bond donors (Lipinski definition) is 2. The summed E-state index contributed by atoms with van der Waals surface area (Å²) in [5, 5.41) is 0.586. The lowest BCUT2D eigenvalue weighted by molar-refractivity contribution is 0.152. The third kappa shape index (κ3) is 3.13. The molecule has 2 N–H and O–H groups in total. The molecule has 3 aromatic rings. The van der Waals surface area contributed by atoms with E-state index in [1.165, 1.54) is 4.68 Å². The monoisotopic (exact) mass is 333 g/mol. The largest absolute Gasteiger partial charge is 0.443 e. The summed E-state index contributed by atoms with van der Waals surface area (Å²) in [4.78, 5) is 14.9. The van der Waals surface area contributed by atoms with Crippen LogP contribution in [0.5, 0.6) is 0 Å². The van der Waals surface area contributed by atoms with Gasteiger partial charge in [0.25, 0.3) is 0 Å². The molecule has 3 rings (SSSR count). The summed E-state index contributed by atoms with van der Waals surface area (Å²) in [7, 11) is 0. The zero-order valence-electron chi connectivity index (χ0n) is 11.4. The summed E-state index contributed by atoms with van der Waals surface area (Å²) in [6.45, 7) is 0.189. The quantitative estimate of drug-likeness (QED) is 0.705. The Kier molecular flexibility index (Phi) is 4.13. The molecule has 1 aromatic heterocycles. The number of ether oxygens (including phenoxy) is 1. The van der Waals surface area contributed by atoms with Gasteiger partial charge in [-0.2, -0.15) is 0 Å². The van der Waals surface area contributed by atoms with Gasteiger partial charge in [0.2, 0.25) is 0 Å². The van der Waals surface area contributed by atoms with Crippen LogP contribution in [0.2, 0.25) is 5.02 Å². The molecule has 0 saturated heterocycles. The summed E-state index contributed by atoms with van der Waals surface area (Å²) in [6, 6.07) is 14.7. The van der Waals surface area contributed by atoms with Crippen LogP contribution in [0.25, 0.3) is 11.0 Å². The molecule has 0 aliphatic rings. The first-order valence-corrected chi connectivity index (χ1v) is 7.30. The Bertz CT molecular complexity index is 873. The third-order valence-electron chi connectivity index (χ3n) is 3.06. The number of aromatic amines is 1. The minimum atomic E-state index is -0.587. The summed E-state index contributed by atoms with van der Waals surface area (Å²) < 4.78 is 6.98. The third-order valence-corrected chi connectivity index (χ3v) is 3.58. The van der Waals surface area contributed by atoms with E-state index in [0.29, 0.717) is 15.3 Å². The zero-order valence-corrected chi connectivity index (χ0v) is 12.9. The molecule has 2 aromatic carbocycles. The van der Waals surface area contributed by atoms with Gasteiger partial charge in [0.15, 0.2) is 4.77 Å². The van der Waals surface area contributed by atoms with Crippen LogP contribution >= 0.6 is 23.8 Å². The van der Waals surface area contributed by atoms with Crippen LogP contribution in [0.4, 0.5) is 4.79 Å². The van der Waals surface area contributed by atoms with E-state index < -0.39 is 6.09 Å². The second-order valence-electron chi connectivity index (χ2n) is 4.60. The van der Waals surface area contributed by atoms with Crippen LogP contribution in [-0.4, -0.2) is 15.8 Å². The number of benzene rings is 2. The Morgan fingerprint density at radius 3 is 2.82 bits per heavy atom. The van der Waals surface area contributed by atoms with Crippen molar-refractivity contribution in [1.82, 2.24) is 9.66 Å². The fraction of sp³-hybridized carbons (Fsp3) is 0.0667. The van der Waals surface area contributed by atoms with E-state index in [9.17, 15) is 4.79 Å². The molecule has 7 heteroatoms. The molecule has 22 heavy (non-hydrogen) atoms. The number of carbonyl (C=O) groups is 1. The lowest BCUT2D eigenvalue weighted by Crippen LogP contribution is -2.23. The highest BCUT2D eigenvalue weighted by atomic mass is 35.5. The number of hydrogen-bond acceptors (Lipinski definition) is 3. The number of fused-ring (bicyclic) bond motifs is 1. The number of carbonyl (C=O) groups excluding carboxylic acids is 1. The Hall–Kier alpha value is -2.31. The Balaban J connectivity index is 1.74. The van der Waals surface area contributed by atoms with Crippen molar-refractivity contribution in [2.24, 2.45) is 0 Å². The van der Waals surface area contributed by atoms with Crippen molar-refractivity contribution < 1.29 is 9.53 Å². The first-order valence-electron chi connectivity index (χ1n) is 6.51. The summed E-state index contributed by atoms with van der Waals surface area (Å²) in [5.74, 6) is 0. The topological polar surface area (TPSA) is 59.0 Å². The first-order chi connectivity index (χ1) is 10.6. The molecule has 1 heterocycles. The minimum Gasteiger partial charge on any atom is -0.443 e. The number of rotatable bonds is 3. The van der Waals surface area contributed by atoms with Crippen molar-refractivity contribution in [3.05, 3.63) is 63.9 Å². The SMILES string of the molecule is O=C(Nn1c(=S)[nH]c2cc(Cl)ccc21)OCc1ccccc1. The van der Waals surface area contributed by atoms with Crippen molar-refractivity contribution in [1.29, 1.82) is 0 Å². The van der Waals surface area contributed by atoms with Gasteiger partial charge in [-0.3, -0.25) is 0 Å². The van der Waals surface area contributed by atoms with Crippen molar-refractivity contribution in [2.75, 3.05) is 5.43 Å². The molecule has 112 valence electrons. The maximum atomic E-state index is 11.9. The van der Waals surface area contributed by atoms with E-state index in [4.69, 9.17) is 28.6 Å². The molecule has 0 atom stereocenters. The number of imidazole rings is 1. The number of halogens is 1. The molecule has 0 aliphatic heterocycles. The Labute approximate surface area is 136 Å². The molecule has 0 fully saturated rings. The standard InChI is InChI=1S/C15H12ClN3O2S/c16-11-6-7-13-12(8-11)17-14(22)19(13)18-15(20)21-9-10-4-2-1-3-5-10/h1-8H,9H2,(H,17,22)(H,18,20). The Morgan fingerprint density at radius 2 is 2.05 bits per heavy atom. The fourth-order valence-electron chi connectivity index (χ4n) is 2.04.